The summed E-state index contributed by atoms with van der Waals surface area (Å²) in [4.78, 5) is 17.2. The zero-order valence-electron chi connectivity index (χ0n) is 16.4. The van der Waals surface area contributed by atoms with Gasteiger partial charge in [-0.3, -0.25) is 9.78 Å². The average molecular weight is 422 g/mol. The fourth-order valence-electron chi connectivity index (χ4n) is 3.02. The molecule has 0 radical (unpaired) electrons. The third-order valence-corrected chi connectivity index (χ3v) is 4.86. The number of anilines is 1. The molecule has 1 amide bonds. The molecule has 4 aromatic rings. The van der Waals surface area contributed by atoms with Crippen LogP contribution in [0, 0.1) is 0 Å². The second kappa shape index (κ2) is 8.97. The number of halogens is 1. The van der Waals surface area contributed by atoms with Crippen molar-refractivity contribution in [3.8, 4) is 17.1 Å². The highest BCUT2D eigenvalue weighted by molar-refractivity contribution is 6.30. The predicted octanol–water partition coefficient (Wildman–Crippen LogP) is 5.97. The van der Waals surface area contributed by atoms with E-state index >= 15 is 0 Å². The second-order valence-corrected chi connectivity index (χ2v) is 7.19. The smallest absolute Gasteiger partial charge is 0.277 e. The van der Waals surface area contributed by atoms with Gasteiger partial charge in [0.1, 0.15) is 11.3 Å². The molecule has 2 aromatic carbocycles. The standard InChI is InChI=1S/C23H20ClN3O3/c1-2-3-13-29-20-11-10-18(17-5-4-12-25-22(17)20)26-23(28)19-14-21(30-27-19)15-6-8-16(24)9-7-15/h4-12,14H,2-3,13H2,1H3,(H,26,28). The molecule has 0 spiro atoms. The zero-order valence-corrected chi connectivity index (χ0v) is 17.1. The van der Waals surface area contributed by atoms with Gasteiger partial charge in [0, 0.05) is 28.2 Å². The van der Waals surface area contributed by atoms with Crippen LogP contribution < -0.4 is 10.1 Å². The maximum absolute atomic E-state index is 12.7. The number of amides is 1. The molecule has 1 N–H and O–H groups in total. The van der Waals surface area contributed by atoms with E-state index in [9.17, 15) is 4.79 Å². The number of nitrogens with zero attached hydrogens (tertiary/aromatic N) is 2. The third kappa shape index (κ3) is 4.28. The highest BCUT2D eigenvalue weighted by Gasteiger charge is 2.16. The summed E-state index contributed by atoms with van der Waals surface area (Å²) in [5, 5.41) is 8.21. The topological polar surface area (TPSA) is 77.2 Å². The van der Waals surface area contributed by atoms with Crippen molar-refractivity contribution in [2.75, 3.05) is 11.9 Å². The summed E-state index contributed by atoms with van der Waals surface area (Å²) in [7, 11) is 0. The van der Waals surface area contributed by atoms with Crippen LogP contribution in [0.15, 0.2) is 65.3 Å². The van der Waals surface area contributed by atoms with Crippen molar-refractivity contribution in [1.29, 1.82) is 0 Å². The van der Waals surface area contributed by atoms with E-state index in [2.05, 4.69) is 22.4 Å². The number of carbonyl (C=O) groups excluding carboxylic acids is 1. The summed E-state index contributed by atoms with van der Waals surface area (Å²) in [5.74, 6) is 0.815. The van der Waals surface area contributed by atoms with Gasteiger partial charge in [0.25, 0.3) is 5.91 Å². The van der Waals surface area contributed by atoms with E-state index in [4.69, 9.17) is 20.9 Å². The SMILES string of the molecule is CCCCOc1ccc(NC(=O)c2cc(-c3ccc(Cl)cc3)on2)c2cccnc12. The number of hydrogen-bond donors (Lipinski definition) is 1. The summed E-state index contributed by atoms with van der Waals surface area (Å²) < 4.78 is 11.2. The van der Waals surface area contributed by atoms with Gasteiger partial charge in [-0.15, -0.1) is 0 Å². The van der Waals surface area contributed by atoms with Crippen molar-refractivity contribution in [3.63, 3.8) is 0 Å². The Bertz CT molecular complexity index is 1170. The molecule has 0 atom stereocenters. The fourth-order valence-corrected chi connectivity index (χ4v) is 3.14. The van der Waals surface area contributed by atoms with Crippen molar-refractivity contribution in [2.24, 2.45) is 0 Å². The molecule has 0 fully saturated rings. The van der Waals surface area contributed by atoms with Gasteiger partial charge in [-0.25, -0.2) is 0 Å². The van der Waals surface area contributed by atoms with Crippen LogP contribution in [0.3, 0.4) is 0 Å². The number of aromatic nitrogens is 2. The minimum Gasteiger partial charge on any atom is -0.491 e. The predicted molar refractivity (Wildman–Crippen MR) is 117 cm³/mol. The molecule has 0 bridgehead atoms. The number of carbonyl (C=O) groups is 1. The Morgan fingerprint density at radius 3 is 2.80 bits per heavy atom. The minimum absolute atomic E-state index is 0.181. The second-order valence-electron chi connectivity index (χ2n) is 6.75. The summed E-state index contributed by atoms with van der Waals surface area (Å²) >= 11 is 5.91. The molecule has 0 aliphatic heterocycles. The Kier molecular flexibility index (Phi) is 5.95. The first-order valence-corrected chi connectivity index (χ1v) is 10.1. The number of fused-ring (bicyclic) bond motifs is 1. The van der Waals surface area contributed by atoms with Gasteiger partial charge in [-0.05, 0) is 55.0 Å². The lowest BCUT2D eigenvalue weighted by atomic mass is 10.1. The molecule has 0 saturated heterocycles. The number of rotatable bonds is 7. The van der Waals surface area contributed by atoms with Gasteiger partial charge >= 0.3 is 0 Å². The molecule has 0 saturated carbocycles. The first-order chi connectivity index (χ1) is 14.7. The third-order valence-electron chi connectivity index (χ3n) is 4.61. The van der Waals surface area contributed by atoms with Crippen molar-refractivity contribution in [1.82, 2.24) is 10.1 Å². The molecule has 0 unspecified atom stereocenters. The van der Waals surface area contributed by atoms with Gasteiger partial charge in [-0.1, -0.05) is 30.1 Å². The Labute approximate surface area is 178 Å². The van der Waals surface area contributed by atoms with Crippen molar-refractivity contribution in [3.05, 3.63) is 71.5 Å². The van der Waals surface area contributed by atoms with E-state index in [0.29, 0.717) is 34.3 Å². The number of unbranched alkanes of at least 4 members (excludes halogenated alkanes) is 1. The Morgan fingerprint density at radius 2 is 2.00 bits per heavy atom. The maximum atomic E-state index is 12.7. The first kappa shape index (κ1) is 19.9. The van der Waals surface area contributed by atoms with Crippen LogP contribution in [-0.2, 0) is 0 Å². The quantitative estimate of drug-likeness (QED) is 0.372. The average Bonchev–Trinajstić information content (AvgIpc) is 3.26. The summed E-state index contributed by atoms with van der Waals surface area (Å²) in [5.41, 5.74) is 2.30. The van der Waals surface area contributed by atoms with Crippen LogP contribution in [0.1, 0.15) is 30.3 Å². The van der Waals surface area contributed by atoms with Crippen molar-refractivity contribution < 1.29 is 14.1 Å². The normalized spacial score (nSPS) is 10.9. The van der Waals surface area contributed by atoms with E-state index < -0.39 is 0 Å². The molecular weight excluding hydrogens is 402 g/mol. The van der Waals surface area contributed by atoms with Crippen molar-refractivity contribution >= 4 is 34.1 Å². The monoisotopic (exact) mass is 421 g/mol. The van der Waals surface area contributed by atoms with Gasteiger partial charge in [0.2, 0.25) is 0 Å². The van der Waals surface area contributed by atoms with Gasteiger partial charge in [-0.2, -0.15) is 0 Å². The first-order valence-electron chi connectivity index (χ1n) is 9.70. The minimum atomic E-state index is -0.372. The molecule has 0 aliphatic carbocycles. The van der Waals surface area contributed by atoms with E-state index in [0.717, 1.165) is 23.8 Å². The van der Waals surface area contributed by atoms with Crippen molar-refractivity contribution in [2.45, 2.75) is 19.8 Å². The highest BCUT2D eigenvalue weighted by Crippen LogP contribution is 2.31. The number of benzene rings is 2. The molecule has 2 aromatic heterocycles. The van der Waals surface area contributed by atoms with Crippen LogP contribution in [-0.4, -0.2) is 22.7 Å². The molecule has 7 heteroatoms. The molecule has 6 nitrogen and oxygen atoms in total. The van der Waals surface area contributed by atoms with E-state index in [1.807, 2.05) is 24.3 Å². The van der Waals surface area contributed by atoms with Crippen LogP contribution in [0.2, 0.25) is 5.02 Å². The zero-order chi connectivity index (χ0) is 20.9. The van der Waals surface area contributed by atoms with Gasteiger partial charge < -0.3 is 14.6 Å². The molecule has 30 heavy (non-hydrogen) atoms. The lowest BCUT2D eigenvalue weighted by Crippen LogP contribution is -2.12. The largest absolute Gasteiger partial charge is 0.491 e. The summed E-state index contributed by atoms with van der Waals surface area (Å²) in [6.45, 7) is 2.74. The Hall–Kier alpha value is -3.38. The number of ether oxygens (including phenoxy) is 1. The molecule has 2 heterocycles. The van der Waals surface area contributed by atoms with Crippen LogP contribution in [0.5, 0.6) is 5.75 Å². The highest BCUT2D eigenvalue weighted by atomic mass is 35.5. The number of pyridine rings is 1. The fraction of sp³-hybridized carbons (Fsp3) is 0.174. The molecule has 4 rings (SSSR count). The number of hydrogen-bond acceptors (Lipinski definition) is 5. The molecule has 0 aliphatic rings. The van der Waals surface area contributed by atoms with E-state index in [1.165, 1.54) is 0 Å². The van der Waals surface area contributed by atoms with Gasteiger partial charge in [0.05, 0.1) is 12.3 Å². The Morgan fingerprint density at radius 1 is 1.17 bits per heavy atom. The van der Waals surface area contributed by atoms with E-state index in [1.54, 1.807) is 36.5 Å². The Balaban J connectivity index is 1.56. The number of nitrogens with one attached hydrogen (secondary N) is 1. The van der Waals surface area contributed by atoms with E-state index in [-0.39, 0.29) is 11.6 Å². The lowest BCUT2D eigenvalue weighted by Gasteiger charge is -2.12. The van der Waals surface area contributed by atoms with Crippen LogP contribution >= 0.6 is 11.6 Å². The lowest BCUT2D eigenvalue weighted by molar-refractivity contribution is 0.101. The van der Waals surface area contributed by atoms with Crippen LogP contribution in [0.4, 0.5) is 5.69 Å². The van der Waals surface area contributed by atoms with Gasteiger partial charge in [0.15, 0.2) is 11.5 Å². The van der Waals surface area contributed by atoms with Crippen LogP contribution in [0.25, 0.3) is 22.2 Å². The molecular formula is C23H20ClN3O3. The summed E-state index contributed by atoms with van der Waals surface area (Å²) in [6.07, 6.45) is 3.72. The molecule has 152 valence electrons. The maximum Gasteiger partial charge on any atom is 0.277 e. The summed E-state index contributed by atoms with van der Waals surface area (Å²) in [6, 6.07) is 16.1.